The molecular weight excluding hydrogens is 548 g/mol. The third-order valence-corrected chi connectivity index (χ3v) is 8.14. The number of carbonyl (C=O) groups is 1. The molecule has 6 rings (SSSR count). The van der Waals surface area contributed by atoms with E-state index < -0.39 is 6.43 Å². The van der Waals surface area contributed by atoms with Gasteiger partial charge in [-0.2, -0.15) is 9.97 Å². The molecule has 1 atom stereocenters. The molecule has 3 aromatic rings. The summed E-state index contributed by atoms with van der Waals surface area (Å²) in [5.74, 6) is 0.962. The Hall–Kier alpha value is -3.42. The van der Waals surface area contributed by atoms with Gasteiger partial charge in [-0.05, 0) is 50.2 Å². The smallest absolute Gasteiger partial charge is 0.296 e. The van der Waals surface area contributed by atoms with Crippen molar-refractivity contribution in [2.45, 2.75) is 50.6 Å². The molecule has 13 heteroatoms. The molecular formula is C29H37F2N7O4. The first kappa shape index (κ1) is 28.7. The van der Waals surface area contributed by atoms with E-state index in [1.165, 1.54) is 4.57 Å². The molecule has 0 spiro atoms. The van der Waals surface area contributed by atoms with Gasteiger partial charge in [-0.15, -0.1) is 0 Å². The number of rotatable bonds is 10. The van der Waals surface area contributed by atoms with E-state index in [9.17, 15) is 13.6 Å². The predicted molar refractivity (Wildman–Crippen MR) is 151 cm³/mol. The van der Waals surface area contributed by atoms with E-state index in [0.29, 0.717) is 74.8 Å². The number of para-hydroxylation sites is 2. The number of morpholine rings is 1. The molecule has 2 aliphatic heterocycles. The number of imidazole rings is 1. The fourth-order valence-electron chi connectivity index (χ4n) is 5.81. The number of hydrogen-bond donors (Lipinski definition) is 2. The zero-order valence-corrected chi connectivity index (χ0v) is 23.5. The van der Waals surface area contributed by atoms with Crippen molar-refractivity contribution in [3.05, 3.63) is 36.2 Å². The first-order valence-corrected chi connectivity index (χ1v) is 14.7. The maximum Gasteiger partial charge on any atom is 0.296 e. The van der Waals surface area contributed by atoms with Gasteiger partial charge < -0.3 is 29.7 Å². The molecule has 1 aromatic carbocycles. The summed E-state index contributed by atoms with van der Waals surface area (Å²) in [6, 6.07) is 9.03. The molecule has 0 bridgehead atoms. The number of amides is 1. The van der Waals surface area contributed by atoms with Crippen molar-refractivity contribution >= 4 is 22.9 Å². The molecule has 2 N–H and O–H groups in total. The van der Waals surface area contributed by atoms with Gasteiger partial charge in [0.2, 0.25) is 17.7 Å². The minimum absolute atomic E-state index is 0.0148. The van der Waals surface area contributed by atoms with Crippen molar-refractivity contribution in [2.75, 3.05) is 57.6 Å². The van der Waals surface area contributed by atoms with Gasteiger partial charge in [0.05, 0.1) is 44.0 Å². The Morgan fingerprint density at radius 1 is 1.00 bits per heavy atom. The number of alkyl halides is 2. The summed E-state index contributed by atoms with van der Waals surface area (Å²) < 4.78 is 46.6. The number of fused-ring (bicyclic) bond motifs is 1. The lowest BCUT2D eigenvalue weighted by Gasteiger charge is -2.29. The van der Waals surface area contributed by atoms with Gasteiger partial charge in [-0.3, -0.25) is 9.36 Å². The number of nitrogens with zero attached hydrogens (tertiary/aromatic N) is 5. The first-order chi connectivity index (χ1) is 20.5. The van der Waals surface area contributed by atoms with Gasteiger partial charge in [0.25, 0.3) is 6.43 Å². The Labute approximate surface area is 242 Å². The summed E-state index contributed by atoms with van der Waals surface area (Å²) in [5, 5.41) is 6.40. The molecule has 0 unspecified atom stereocenters. The van der Waals surface area contributed by atoms with E-state index >= 15 is 0 Å². The Morgan fingerprint density at radius 3 is 2.57 bits per heavy atom. The van der Waals surface area contributed by atoms with Crippen molar-refractivity contribution < 1.29 is 27.8 Å². The van der Waals surface area contributed by atoms with Crippen LogP contribution in [0.3, 0.4) is 0 Å². The number of halogens is 2. The standard InChI is InChI=1S/C29H37F2N7O4/c30-27(31)28-34-22-3-1-2-4-23(22)38(28)24-15-26(36-29(35-24)37-10-13-40-14-11-37)42-17-19-5-7-20(8-6-19)33-25(39)16-32-21-9-12-41-18-21/h1-4,15,19-21,27,32H,5-14,16-18H2,(H,33,39)/t19?,20?,21-/m1/s1. The highest BCUT2D eigenvalue weighted by atomic mass is 19.3. The van der Waals surface area contributed by atoms with Crippen LogP contribution in [0.5, 0.6) is 5.88 Å². The summed E-state index contributed by atoms with van der Waals surface area (Å²) in [5.41, 5.74) is 1.01. The van der Waals surface area contributed by atoms with Crippen LogP contribution in [0, 0.1) is 5.92 Å². The minimum atomic E-state index is -2.79. The van der Waals surface area contributed by atoms with Gasteiger partial charge in [0, 0.05) is 37.8 Å². The van der Waals surface area contributed by atoms with Crippen LogP contribution in [0.2, 0.25) is 0 Å². The molecule has 0 radical (unpaired) electrons. The lowest BCUT2D eigenvalue weighted by molar-refractivity contribution is -0.121. The molecule has 2 aromatic heterocycles. The quantitative estimate of drug-likeness (QED) is 0.371. The molecule has 226 valence electrons. The fourth-order valence-corrected chi connectivity index (χ4v) is 5.81. The van der Waals surface area contributed by atoms with Crippen LogP contribution in [0.25, 0.3) is 16.9 Å². The minimum Gasteiger partial charge on any atom is -0.477 e. The molecule has 2 saturated heterocycles. The third-order valence-electron chi connectivity index (χ3n) is 8.14. The monoisotopic (exact) mass is 585 g/mol. The number of ether oxygens (including phenoxy) is 3. The maximum absolute atomic E-state index is 14.1. The van der Waals surface area contributed by atoms with Crippen LogP contribution in [0.15, 0.2) is 30.3 Å². The number of nitrogens with one attached hydrogen (secondary N) is 2. The van der Waals surface area contributed by atoms with Crippen molar-refractivity contribution in [2.24, 2.45) is 5.92 Å². The summed E-state index contributed by atoms with van der Waals surface area (Å²) in [6.07, 6.45) is 1.71. The van der Waals surface area contributed by atoms with Crippen molar-refractivity contribution in [3.8, 4) is 11.7 Å². The number of aromatic nitrogens is 4. The van der Waals surface area contributed by atoms with Crippen LogP contribution in [0.4, 0.5) is 14.7 Å². The van der Waals surface area contributed by atoms with Gasteiger partial charge in [-0.25, -0.2) is 13.8 Å². The summed E-state index contributed by atoms with van der Waals surface area (Å²) in [6.45, 7) is 4.40. The van der Waals surface area contributed by atoms with Gasteiger partial charge >= 0.3 is 0 Å². The fraction of sp³-hybridized carbons (Fsp3) is 0.586. The largest absolute Gasteiger partial charge is 0.477 e. The SMILES string of the molecule is O=C(CN[C@@H]1CCOC1)NC1CCC(COc2cc(-n3c(C(F)F)nc4ccccc43)nc(N3CCOCC3)n2)CC1. The second-order valence-corrected chi connectivity index (χ2v) is 11.1. The van der Waals surface area contributed by atoms with E-state index in [-0.39, 0.29) is 29.6 Å². The highest BCUT2D eigenvalue weighted by Gasteiger charge is 2.26. The molecule has 1 aliphatic carbocycles. The zero-order chi connectivity index (χ0) is 28.9. The number of carbonyl (C=O) groups excluding carboxylic acids is 1. The topological polar surface area (TPSA) is 116 Å². The summed E-state index contributed by atoms with van der Waals surface area (Å²) in [7, 11) is 0. The van der Waals surface area contributed by atoms with Crippen LogP contribution < -0.4 is 20.3 Å². The molecule has 1 amide bonds. The van der Waals surface area contributed by atoms with Crippen molar-refractivity contribution in [3.63, 3.8) is 0 Å². The highest BCUT2D eigenvalue weighted by molar-refractivity contribution is 5.78. The Balaban J connectivity index is 1.12. The first-order valence-electron chi connectivity index (χ1n) is 14.7. The number of anilines is 1. The number of benzene rings is 1. The average Bonchev–Trinajstić information content (AvgIpc) is 3.68. The lowest BCUT2D eigenvalue weighted by Crippen LogP contribution is -2.44. The Bertz CT molecular complexity index is 1350. The second kappa shape index (κ2) is 13.3. The van der Waals surface area contributed by atoms with Crippen LogP contribution >= 0.6 is 0 Å². The molecule has 4 heterocycles. The van der Waals surface area contributed by atoms with Crippen LogP contribution in [-0.4, -0.2) is 90.2 Å². The maximum atomic E-state index is 14.1. The normalized spacial score (nSPS) is 23.0. The number of hydrogen-bond acceptors (Lipinski definition) is 9. The van der Waals surface area contributed by atoms with Gasteiger partial charge in [0.15, 0.2) is 5.82 Å². The molecule has 3 fully saturated rings. The average molecular weight is 586 g/mol. The van der Waals surface area contributed by atoms with E-state index in [0.717, 1.165) is 38.7 Å². The van der Waals surface area contributed by atoms with Crippen molar-refractivity contribution in [1.82, 2.24) is 30.2 Å². The Morgan fingerprint density at radius 2 is 1.81 bits per heavy atom. The zero-order valence-electron chi connectivity index (χ0n) is 23.5. The summed E-state index contributed by atoms with van der Waals surface area (Å²) in [4.78, 5) is 27.9. The molecule has 42 heavy (non-hydrogen) atoms. The van der Waals surface area contributed by atoms with E-state index in [1.54, 1.807) is 30.3 Å². The second-order valence-electron chi connectivity index (χ2n) is 11.1. The predicted octanol–water partition coefficient (Wildman–Crippen LogP) is 3.02. The molecule has 3 aliphatic rings. The third kappa shape index (κ3) is 6.79. The van der Waals surface area contributed by atoms with E-state index in [1.807, 2.05) is 4.90 Å². The van der Waals surface area contributed by atoms with Gasteiger partial charge in [0.1, 0.15) is 5.82 Å². The molecule has 11 nitrogen and oxygen atoms in total. The van der Waals surface area contributed by atoms with E-state index in [2.05, 4.69) is 25.6 Å². The van der Waals surface area contributed by atoms with Gasteiger partial charge in [-0.1, -0.05) is 12.1 Å². The molecule has 1 saturated carbocycles. The van der Waals surface area contributed by atoms with Crippen LogP contribution in [-0.2, 0) is 14.3 Å². The van der Waals surface area contributed by atoms with E-state index in [4.69, 9.17) is 14.2 Å². The lowest BCUT2D eigenvalue weighted by atomic mass is 9.86. The van der Waals surface area contributed by atoms with Crippen molar-refractivity contribution in [1.29, 1.82) is 0 Å². The highest BCUT2D eigenvalue weighted by Crippen LogP contribution is 2.30. The Kier molecular flexibility index (Phi) is 9.06. The van der Waals surface area contributed by atoms with Crippen LogP contribution in [0.1, 0.15) is 44.4 Å². The summed E-state index contributed by atoms with van der Waals surface area (Å²) >= 11 is 0.